The van der Waals surface area contributed by atoms with Gasteiger partial charge in [-0.3, -0.25) is 0 Å². The number of hydrogen-bond donors (Lipinski definition) is 0. The van der Waals surface area contributed by atoms with E-state index >= 15 is 0 Å². The maximum Gasteiger partial charge on any atom is 0.133 e. The van der Waals surface area contributed by atoms with Crippen molar-refractivity contribution >= 4 is 17.1 Å². The van der Waals surface area contributed by atoms with Gasteiger partial charge in [0, 0.05) is 16.9 Å². The van der Waals surface area contributed by atoms with E-state index in [0.29, 0.717) is 0 Å². The van der Waals surface area contributed by atoms with E-state index in [0.717, 1.165) is 28.4 Å². The fraction of sp³-hybridized carbons (Fsp3) is 0. The van der Waals surface area contributed by atoms with E-state index in [4.69, 9.17) is 4.42 Å². The Morgan fingerprint density at radius 1 is 0.591 bits per heavy atom. The summed E-state index contributed by atoms with van der Waals surface area (Å²) in [6, 6.07) is 28.8. The third-order valence-corrected chi connectivity index (χ3v) is 3.70. The number of nitrogens with zero attached hydrogens (tertiary/aromatic N) is 1. The van der Waals surface area contributed by atoms with Crippen molar-refractivity contribution in [1.29, 1.82) is 0 Å². The summed E-state index contributed by atoms with van der Waals surface area (Å²) < 4.78 is 5.77. The summed E-state index contributed by atoms with van der Waals surface area (Å²) >= 11 is 0. The van der Waals surface area contributed by atoms with Crippen molar-refractivity contribution in [2.24, 2.45) is 0 Å². The zero-order valence-electron chi connectivity index (χ0n) is 12.0. The van der Waals surface area contributed by atoms with Crippen molar-refractivity contribution in [3.05, 3.63) is 91.2 Å². The van der Waals surface area contributed by atoms with Gasteiger partial charge in [0.2, 0.25) is 0 Å². The fourth-order valence-corrected chi connectivity index (χ4v) is 2.68. The minimum absolute atomic E-state index is 0.907. The quantitative estimate of drug-likeness (QED) is 0.469. The molecule has 2 nitrogen and oxygen atoms in total. The van der Waals surface area contributed by atoms with Crippen molar-refractivity contribution in [1.82, 2.24) is 0 Å². The molecule has 106 valence electrons. The van der Waals surface area contributed by atoms with Crippen LogP contribution >= 0.6 is 0 Å². The van der Waals surface area contributed by atoms with E-state index in [9.17, 15) is 0 Å². The Balaban J connectivity index is 1.89. The minimum Gasteiger partial charge on any atom is -0.462 e. The molecule has 0 radical (unpaired) electrons. The van der Waals surface area contributed by atoms with Crippen molar-refractivity contribution in [2.45, 2.75) is 0 Å². The number of hydrogen-bond acceptors (Lipinski definition) is 2. The van der Waals surface area contributed by atoms with Gasteiger partial charge < -0.3 is 9.32 Å². The summed E-state index contributed by atoms with van der Waals surface area (Å²) in [5.74, 6) is 0.907. The van der Waals surface area contributed by atoms with E-state index < -0.39 is 0 Å². The molecule has 4 rings (SSSR count). The van der Waals surface area contributed by atoms with Crippen LogP contribution in [0.25, 0.3) is 11.3 Å². The largest absolute Gasteiger partial charge is 0.462 e. The minimum atomic E-state index is 0.907. The summed E-state index contributed by atoms with van der Waals surface area (Å²) in [5, 5.41) is 0. The van der Waals surface area contributed by atoms with Gasteiger partial charge in [0.05, 0.1) is 5.69 Å². The monoisotopic (exact) mass is 285 g/mol. The lowest BCUT2D eigenvalue weighted by molar-refractivity contribution is 0.568. The molecule has 22 heavy (non-hydrogen) atoms. The molecule has 1 heterocycles. The van der Waals surface area contributed by atoms with Crippen LogP contribution in [0.1, 0.15) is 0 Å². The predicted molar refractivity (Wildman–Crippen MR) is 90.0 cm³/mol. The molecule has 1 aliphatic carbocycles. The van der Waals surface area contributed by atoms with Crippen LogP contribution in [0.3, 0.4) is 0 Å². The average molecular weight is 285 g/mol. The average Bonchev–Trinajstić information content (AvgIpc) is 3.05. The zero-order chi connectivity index (χ0) is 14.8. The van der Waals surface area contributed by atoms with Gasteiger partial charge in [-0.1, -0.05) is 48.5 Å². The number of anilines is 3. The molecule has 2 aromatic rings. The van der Waals surface area contributed by atoms with Gasteiger partial charge in [0.25, 0.3) is 0 Å². The highest BCUT2D eigenvalue weighted by molar-refractivity contribution is 5.78. The van der Waals surface area contributed by atoms with Crippen molar-refractivity contribution in [3.63, 3.8) is 0 Å². The smallest absolute Gasteiger partial charge is 0.133 e. The van der Waals surface area contributed by atoms with Crippen LogP contribution < -0.4 is 4.90 Å². The lowest BCUT2D eigenvalue weighted by atomic mass is 10.2. The molecule has 1 aliphatic heterocycles. The molecule has 0 amide bonds. The van der Waals surface area contributed by atoms with Crippen LogP contribution in [0.4, 0.5) is 17.1 Å². The van der Waals surface area contributed by atoms with E-state index in [2.05, 4.69) is 41.3 Å². The van der Waals surface area contributed by atoms with E-state index in [-0.39, 0.29) is 0 Å². The number of rotatable bonds is 3. The Hall–Kier alpha value is -3.00. The highest BCUT2D eigenvalue weighted by atomic mass is 16.3. The van der Waals surface area contributed by atoms with Crippen LogP contribution in [-0.2, 0) is 0 Å². The van der Waals surface area contributed by atoms with Gasteiger partial charge in [-0.2, -0.15) is 0 Å². The highest BCUT2D eigenvalue weighted by Gasteiger charge is 2.14. The van der Waals surface area contributed by atoms with E-state index in [1.165, 1.54) is 0 Å². The van der Waals surface area contributed by atoms with Crippen LogP contribution in [0.15, 0.2) is 95.6 Å². The second kappa shape index (κ2) is 5.41. The topological polar surface area (TPSA) is 16.4 Å². The Labute approximate surface area is 129 Å². The highest BCUT2D eigenvalue weighted by Crippen LogP contribution is 2.37. The summed E-state index contributed by atoms with van der Waals surface area (Å²) in [5.41, 5.74) is 4.33. The summed E-state index contributed by atoms with van der Waals surface area (Å²) in [6.07, 6.45) is 1.81. The maximum atomic E-state index is 5.77. The third kappa shape index (κ3) is 2.25. The molecule has 2 heteroatoms. The Morgan fingerprint density at radius 2 is 1.23 bits per heavy atom. The van der Waals surface area contributed by atoms with Gasteiger partial charge in [-0.25, -0.2) is 0 Å². The second-order valence-corrected chi connectivity index (χ2v) is 5.16. The number of fused-ring (bicyclic) bond motifs is 1. The van der Waals surface area contributed by atoms with Crippen molar-refractivity contribution < 1.29 is 4.42 Å². The van der Waals surface area contributed by atoms with Crippen LogP contribution in [0.2, 0.25) is 0 Å². The first-order valence-corrected chi connectivity index (χ1v) is 7.29. The molecule has 0 aromatic heterocycles. The van der Waals surface area contributed by atoms with Gasteiger partial charge in [-0.15, -0.1) is 0 Å². The molecule has 0 unspecified atom stereocenters. The number of para-hydroxylation sites is 2. The molecule has 2 aliphatic rings. The molecule has 0 atom stereocenters. The first-order chi connectivity index (χ1) is 10.9. The molecule has 0 fully saturated rings. The van der Waals surface area contributed by atoms with E-state index in [1.54, 1.807) is 0 Å². The van der Waals surface area contributed by atoms with Crippen LogP contribution in [0.5, 0.6) is 0 Å². The predicted octanol–water partition coefficient (Wildman–Crippen LogP) is 5.85. The molecule has 2 aromatic carbocycles. The van der Waals surface area contributed by atoms with Gasteiger partial charge >= 0.3 is 0 Å². The molecular formula is C20H15NO. The Kier molecular flexibility index (Phi) is 3.13. The standard InChI is InChI=1S/C20H15NO/c1-3-9-17(10-4-1)21(18-11-5-2-6-12-18)19-14-16-8-7-13-20(16)22-15-19/h1-15H. The Bertz CT molecular complexity index is 796. The maximum absolute atomic E-state index is 5.77. The van der Waals surface area contributed by atoms with Gasteiger partial charge in [-0.05, 0) is 36.4 Å². The Morgan fingerprint density at radius 3 is 1.86 bits per heavy atom. The summed E-state index contributed by atoms with van der Waals surface area (Å²) in [6.45, 7) is 0. The van der Waals surface area contributed by atoms with E-state index in [1.807, 2.05) is 54.8 Å². The van der Waals surface area contributed by atoms with Gasteiger partial charge in [0.15, 0.2) is 0 Å². The van der Waals surface area contributed by atoms with Crippen molar-refractivity contribution in [3.8, 4) is 11.3 Å². The molecular weight excluding hydrogens is 270 g/mol. The first kappa shape index (κ1) is 12.7. The molecule has 0 N–H and O–H groups in total. The number of benzene rings is 2. The van der Waals surface area contributed by atoms with Gasteiger partial charge in [0.1, 0.15) is 12.0 Å². The summed E-state index contributed by atoms with van der Waals surface area (Å²) in [7, 11) is 0. The second-order valence-electron chi connectivity index (χ2n) is 5.16. The SMILES string of the molecule is c1ccc(N(c2ccccc2)c2coc3cccc-3c2)cc1. The van der Waals surface area contributed by atoms with Crippen LogP contribution in [0, 0.1) is 0 Å². The van der Waals surface area contributed by atoms with Crippen LogP contribution in [-0.4, -0.2) is 0 Å². The zero-order valence-corrected chi connectivity index (χ0v) is 12.0. The molecule has 0 saturated heterocycles. The molecule has 0 saturated carbocycles. The lowest BCUT2D eigenvalue weighted by Crippen LogP contribution is -2.09. The lowest BCUT2D eigenvalue weighted by Gasteiger charge is -2.25. The molecule has 0 spiro atoms. The molecule has 0 bridgehead atoms. The van der Waals surface area contributed by atoms with Crippen molar-refractivity contribution in [2.75, 3.05) is 4.90 Å². The summed E-state index contributed by atoms with van der Waals surface area (Å²) in [4.78, 5) is 2.19. The fourth-order valence-electron chi connectivity index (χ4n) is 2.68. The normalized spacial score (nSPS) is 10.7. The third-order valence-electron chi connectivity index (χ3n) is 3.70. The first-order valence-electron chi connectivity index (χ1n) is 7.29.